The van der Waals surface area contributed by atoms with Crippen LogP contribution in [0.4, 0.5) is 5.82 Å². The molecule has 31 heavy (non-hydrogen) atoms. The van der Waals surface area contributed by atoms with Crippen LogP contribution in [0.25, 0.3) is 21.3 Å². The lowest BCUT2D eigenvalue weighted by Gasteiger charge is -2.21. The average Bonchev–Trinajstić information content (AvgIpc) is 3.45. The number of ether oxygens (including phenoxy) is 1. The van der Waals surface area contributed by atoms with Crippen molar-refractivity contribution < 1.29 is 4.74 Å². The van der Waals surface area contributed by atoms with Crippen LogP contribution in [0.3, 0.4) is 0 Å². The Morgan fingerprint density at radius 1 is 1.03 bits per heavy atom. The second kappa shape index (κ2) is 8.20. The summed E-state index contributed by atoms with van der Waals surface area (Å²) in [6, 6.07) is 18.1. The molecule has 1 N–H and O–H groups in total. The second-order valence-electron chi connectivity index (χ2n) is 7.17. The predicted octanol–water partition coefficient (Wildman–Crippen LogP) is 5.30. The zero-order chi connectivity index (χ0) is 21.2. The Morgan fingerprint density at radius 3 is 2.68 bits per heavy atom. The van der Waals surface area contributed by atoms with E-state index in [4.69, 9.17) is 4.74 Å². The molecule has 5 rings (SSSR count). The van der Waals surface area contributed by atoms with Crippen LogP contribution in [-0.4, -0.2) is 26.6 Å². The van der Waals surface area contributed by atoms with Gasteiger partial charge >= 0.3 is 0 Å². The van der Waals surface area contributed by atoms with Gasteiger partial charge in [-0.1, -0.05) is 42.5 Å². The standard InChI is InChI=1S/C24H21N5OS/c1-29-12-11-25-23(29)21(17-9-6-10-18(13-17)30-2)28-22-20-19(16-7-4-3-5-8-16)14-31-24(20)27-15-26-22/h3-15,21H,1-2H3,(H,26,27,28). The van der Waals surface area contributed by atoms with Crippen molar-refractivity contribution in [1.82, 2.24) is 19.5 Å². The minimum absolute atomic E-state index is 0.211. The van der Waals surface area contributed by atoms with E-state index in [-0.39, 0.29) is 6.04 Å². The number of methoxy groups -OCH3 is 1. The minimum Gasteiger partial charge on any atom is -0.497 e. The van der Waals surface area contributed by atoms with E-state index in [1.807, 2.05) is 54.2 Å². The summed E-state index contributed by atoms with van der Waals surface area (Å²) in [6.45, 7) is 0. The normalized spacial score (nSPS) is 12.1. The fraction of sp³-hybridized carbons (Fsp3) is 0.125. The maximum absolute atomic E-state index is 5.46. The van der Waals surface area contributed by atoms with Gasteiger partial charge in [0.15, 0.2) is 0 Å². The third kappa shape index (κ3) is 3.64. The monoisotopic (exact) mass is 427 g/mol. The first kappa shape index (κ1) is 19.3. The molecule has 0 aliphatic carbocycles. The van der Waals surface area contributed by atoms with Crippen molar-refractivity contribution in [2.75, 3.05) is 12.4 Å². The van der Waals surface area contributed by atoms with E-state index < -0.39 is 0 Å². The van der Waals surface area contributed by atoms with Crippen LogP contribution in [0.15, 0.2) is 78.7 Å². The highest BCUT2D eigenvalue weighted by Crippen LogP contribution is 2.38. The predicted molar refractivity (Wildman–Crippen MR) is 125 cm³/mol. The van der Waals surface area contributed by atoms with Crippen LogP contribution >= 0.6 is 11.3 Å². The van der Waals surface area contributed by atoms with Gasteiger partial charge in [0, 0.05) is 30.4 Å². The van der Waals surface area contributed by atoms with E-state index in [9.17, 15) is 0 Å². The van der Waals surface area contributed by atoms with Crippen molar-refractivity contribution >= 4 is 27.4 Å². The third-order valence-corrected chi connectivity index (χ3v) is 6.17. The molecule has 0 spiro atoms. The van der Waals surface area contributed by atoms with Gasteiger partial charge in [-0.3, -0.25) is 0 Å². The molecular formula is C24H21N5OS. The summed E-state index contributed by atoms with van der Waals surface area (Å²) in [5.41, 5.74) is 3.30. The van der Waals surface area contributed by atoms with Gasteiger partial charge in [-0.05, 0) is 23.3 Å². The molecule has 1 atom stereocenters. The Morgan fingerprint density at radius 2 is 1.90 bits per heavy atom. The van der Waals surface area contributed by atoms with E-state index in [0.29, 0.717) is 0 Å². The molecule has 2 aromatic carbocycles. The number of hydrogen-bond acceptors (Lipinski definition) is 6. The molecule has 6 nitrogen and oxygen atoms in total. The summed E-state index contributed by atoms with van der Waals surface area (Å²) in [4.78, 5) is 14.7. The SMILES string of the molecule is COc1cccc(C(Nc2ncnc3scc(-c4ccccc4)c23)c2nccn2C)c1. The summed E-state index contributed by atoms with van der Waals surface area (Å²) in [5, 5.41) is 6.80. The number of rotatable bonds is 6. The van der Waals surface area contributed by atoms with Crippen molar-refractivity contribution in [3.8, 4) is 16.9 Å². The van der Waals surface area contributed by atoms with Gasteiger partial charge in [0.1, 0.15) is 34.6 Å². The first-order valence-corrected chi connectivity index (χ1v) is 10.8. The summed E-state index contributed by atoms with van der Waals surface area (Å²) < 4.78 is 7.47. The molecule has 0 radical (unpaired) electrons. The Hall–Kier alpha value is -3.71. The van der Waals surface area contributed by atoms with Gasteiger partial charge in [0.05, 0.1) is 12.5 Å². The lowest BCUT2D eigenvalue weighted by atomic mass is 10.0. The molecule has 5 aromatic rings. The van der Waals surface area contributed by atoms with Crippen LogP contribution in [0, 0.1) is 0 Å². The van der Waals surface area contributed by atoms with Crippen molar-refractivity contribution in [3.63, 3.8) is 0 Å². The molecule has 0 saturated heterocycles. The number of benzene rings is 2. The molecule has 0 bridgehead atoms. The highest BCUT2D eigenvalue weighted by atomic mass is 32.1. The van der Waals surface area contributed by atoms with E-state index in [0.717, 1.165) is 44.3 Å². The number of aryl methyl sites for hydroxylation is 1. The number of nitrogens with one attached hydrogen (secondary N) is 1. The summed E-state index contributed by atoms with van der Waals surface area (Å²) in [6.07, 6.45) is 5.36. The highest BCUT2D eigenvalue weighted by molar-refractivity contribution is 7.17. The molecule has 3 heterocycles. The first-order chi connectivity index (χ1) is 15.2. The number of imidazole rings is 1. The number of nitrogens with zero attached hydrogens (tertiary/aromatic N) is 4. The van der Waals surface area contributed by atoms with Gasteiger partial charge in [0.25, 0.3) is 0 Å². The molecule has 1 unspecified atom stereocenters. The van der Waals surface area contributed by atoms with E-state index in [1.165, 1.54) is 0 Å². The fourth-order valence-corrected chi connectivity index (χ4v) is 4.64. The van der Waals surface area contributed by atoms with Gasteiger partial charge < -0.3 is 14.6 Å². The van der Waals surface area contributed by atoms with E-state index >= 15 is 0 Å². The van der Waals surface area contributed by atoms with Crippen LogP contribution in [0.1, 0.15) is 17.4 Å². The number of hydrogen-bond donors (Lipinski definition) is 1. The van der Waals surface area contributed by atoms with Crippen molar-refractivity contribution in [3.05, 3.63) is 90.1 Å². The highest BCUT2D eigenvalue weighted by Gasteiger charge is 2.22. The number of anilines is 1. The molecule has 0 amide bonds. The maximum Gasteiger partial charge on any atom is 0.139 e. The Bertz CT molecular complexity index is 1330. The number of aromatic nitrogens is 4. The van der Waals surface area contributed by atoms with Crippen LogP contribution in [-0.2, 0) is 7.05 Å². The maximum atomic E-state index is 5.46. The number of fused-ring (bicyclic) bond motifs is 1. The van der Waals surface area contributed by atoms with Crippen LogP contribution in [0.5, 0.6) is 5.75 Å². The van der Waals surface area contributed by atoms with Gasteiger partial charge in [-0.2, -0.15) is 0 Å². The summed E-state index contributed by atoms with van der Waals surface area (Å²) in [7, 11) is 3.67. The molecule has 0 saturated carbocycles. The topological polar surface area (TPSA) is 64.9 Å². The average molecular weight is 428 g/mol. The molecule has 154 valence electrons. The lowest BCUT2D eigenvalue weighted by Crippen LogP contribution is -2.17. The second-order valence-corrected chi connectivity index (χ2v) is 8.03. The third-order valence-electron chi connectivity index (χ3n) is 5.28. The van der Waals surface area contributed by atoms with Gasteiger partial charge in [-0.25, -0.2) is 15.0 Å². The molecular weight excluding hydrogens is 406 g/mol. The Kier molecular flexibility index (Phi) is 5.09. The molecule has 0 aliphatic heterocycles. The van der Waals surface area contributed by atoms with Gasteiger partial charge in [0.2, 0.25) is 0 Å². The lowest BCUT2D eigenvalue weighted by molar-refractivity contribution is 0.414. The smallest absolute Gasteiger partial charge is 0.139 e. The van der Waals surface area contributed by atoms with Crippen molar-refractivity contribution in [1.29, 1.82) is 0 Å². The minimum atomic E-state index is -0.211. The Balaban J connectivity index is 1.65. The summed E-state index contributed by atoms with van der Waals surface area (Å²) >= 11 is 1.62. The largest absolute Gasteiger partial charge is 0.497 e. The first-order valence-electron chi connectivity index (χ1n) is 9.90. The van der Waals surface area contributed by atoms with Crippen molar-refractivity contribution in [2.24, 2.45) is 7.05 Å². The van der Waals surface area contributed by atoms with E-state index in [2.05, 4.69) is 43.8 Å². The molecule has 3 aromatic heterocycles. The molecule has 7 heteroatoms. The Labute approximate surface area is 184 Å². The van der Waals surface area contributed by atoms with E-state index in [1.54, 1.807) is 31.0 Å². The molecule has 0 aliphatic rings. The summed E-state index contributed by atoms with van der Waals surface area (Å²) in [5.74, 6) is 2.46. The zero-order valence-electron chi connectivity index (χ0n) is 17.2. The molecule has 0 fully saturated rings. The quantitative estimate of drug-likeness (QED) is 0.398. The fourth-order valence-electron chi connectivity index (χ4n) is 3.72. The van der Waals surface area contributed by atoms with Gasteiger partial charge in [-0.15, -0.1) is 11.3 Å². The zero-order valence-corrected chi connectivity index (χ0v) is 18.0. The van der Waals surface area contributed by atoms with Crippen LogP contribution in [0.2, 0.25) is 0 Å². The van der Waals surface area contributed by atoms with Crippen molar-refractivity contribution in [2.45, 2.75) is 6.04 Å². The number of thiophene rings is 1. The van der Waals surface area contributed by atoms with Crippen LogP contribution < -0.4 is 10.1 Å².